The van der Waals surface area contributed by atoms with Crippen molar-refractivity contribution in [2.45, 2.75) is 52.9 Å². The van der Waals surface area contributed by atoms with Gasteiger partial charge in [0, 0.05) is 26.2 Å². The second-order valence-electron chi connectivity index (χ2n) is 5.69. The molecule has 1 aliphatic rings. The van der Waals surface area contributed by atoms with E-state index in [0.717, 1.165) is 5.69 Å². The number of aromatic nitrogens is 2. The average Bonchev–Trinajstić information content (AvgIpc) is 2.78. The van der Waals surface area contributed by atoms with Gasteiger partial charge in [-0.25, -0.2) is 4.98 Å². The zero-order chi connectivity index (χ0) is 15.0. The van der Waals surface area contributed by atoms with E-state index in [1.807, 2.05) is 32.6 Å². The molecule has 2 rings (SSSR count). The second kappa shape index (κ2) is 5.36. The molecule has 1 aromatic rings. The van der Waals surface area contributed by atoms with E-state index in [1.54, 1.807) is 11.6 Å². The first-order chi connectivity index (χ1) is 9.31. The van der Waals surface area contributed by atoms with Crippen molar-refractivity contribution in [2.24, 2.45) is 7.05 Å². The van der Waals surface area contributed by atoms with Crippen molar-refractivity contribution in [1.82, 2.24) is 19.8 Å². The molecule has 2 heterocycles. The maximum atomic E-state index is 12.2. The van der Waals surface area contributed by atoms with Gasteiger partial charge in [0.25, 0.3) is 5.56 Å². The molecule has 0 bridgehead atoms. The standard InChI is InChI=1S/C14H22N4O2/c1-8(2)15-13(19)9(3)18-6-11-12(7-18)16-10(4)17(5)14(11)20/h8-9H,6-7H2,1-5H3,(H,15,19)/t9-/m1/s1. The molecule has 1 N–H and O–H groups in total. The number of rotatable bonds is 3. The molecule has 20 heavy (non-hydrogen) atoms. The molecule has 1 aromatic heterocycles. The summed E-state index contributed by atoms with van der Waals surface area (Å²) in [5, 5.41) is 2.90. The highest BCUT2D eigenvalue weighted by Crippen LogP contribution is 2.20. The molecule has 0 unspecified atom stereocenters. The topological polar surface area (TPSA) is 67.2 Å². The quantitative estimate of drug-likeness (QED) is 0.864. The number of amides is 1. The Morgan fingerprint density at radius 1 is 1.30 bits per heavy atom. The lowest BCUT2D eigenvalue weighted by Crippen LogP contribution is -2.45. The van der Waals surface area contributed by atoms with E-state index in [9.17, 15) is 9.59 Å². The molecular weight excluding hydrogens is 256 g/mol. The maximum absolute atomic E-state index is 12.2. The molecule has 1 amide bonds. The lowest BCUT2D eigenvalue weighted by atomic mass is 10.2. The molecule has 0 aliphatic carbocycles. The summed E-state index contributed by atoms with van der Waals surface area (Å²) in [6, 6.07) is -0.153. The van der Waals surface area contributed by atoms with Crippen molar-refractivity contribution >= 4 is 5.91 Å². The third-order valence-corrected chi connectivity index (χ3v) is 3.77. The van der Waals surface area contributed by atoms with Crippen molar-refractivity contribution in [3.63, 3.8) is 0 Å². The van der Waals surface area contributed by atoms with E-state index in [-0.39, 0.29) is 23.6 Å². The minimum Gasteiger partial charge on any atom is -0.353 e. The Hall–Kier alpha value is -1.69. The maximum Gasteiger partial charge on any atom is 0.258 e. The molecule has 110 valence electrons. The van der Waals surface area contributed by atoms with Crippen LogP contribution in [0.15, 0.2) is 4.79 Å². The van der Waals surface area contributed by atoms with Gasteiger partial charge in [-0.05, 0) is 27.7 Å². The number of fused-ring (bicyclic) bond motifs is 1. The third kappa shape index (κ3) is 2.60. The van der Waals surface area contributed by atoms with Gasteiger partial charge >= 0.3 is 0 Å². The summed E-state index contributed by atoms with van der Waals surface area (Å²) in [6.45, 7) is 8.59. The summed E-state index contributed by atoms with van der Waals surface area (Å²) in [5.41, 5.74) is 1.50. The zero-order valence-corrected chi connectivity index (χ0v) is 12.7. The van der Waals surface area contributed by atoms with E-state index in [1.165, 1.54) is 0 Å². The number of hydrogen-bond acceptors (Lipinski definition) is 4. The Kier molecular flexibility index (Phi) is 3.94. The van der Waals surface area contributed by atoms with Gasteiger partial charge in [-0.2, -0.15) is 0 Å². The largest absolute Gasteiger partial charge is 0.353 e. The van der Waals surface area contributed by atoms with Crippen LogP contribution in [0.1, 0.15) is 37.9 Å². The highest BCUT2D eigenvalue weighted by molar-refractivity contribution is 5.81. The normalized spacial score (nSPS) is 16.3. The number of carbonyl (C=O) groups excluding carboxylic acids is 1. The lowest BCUT2D eigenvalue weighted by molar-refractivity contribution is -0.126. The average molecular weight is 278 g/mol. The molecule has 6 nitrogen and oxygen atoms in total. The van der Waals surface area contributed by atoms with Gasteiger partial charge in [-0.3, -0.25) is 19.1 Å². The summed E-state index contributed by atoms with van der Waals surface area (Å²) in [4.78, 5) is 30.7. The van der Waals surface area contributed by atoms with Gasteiger partial charge in [-0.15, -0.1) is 0 Å². The van der Waals surface area contributed by atoms with E-state index in [0.29, 0.717) is 24.5 Å². The third-order valence-electron chi connectivity index (χ3n) is 3.77. The highest BCUT2D eigenvalue weighted by Gasteiger charge is 2.30. The zero-order valence-electron chi connectivity index (χ0n) is 12.7. The van der Waals surface area contributed by atoms with E-state index < -0.39 is 0 Å². The fourth-order valence-corrected chi connectivity index (χ4v) is 2.40. The van der Waals surface area contributed by atoms with E-state index in [2.05, 4.69) is 10.3 Å². The fourth-order valence-electron chi connectivity index (χ4n) is 2.40. The van der Waals surface area contributed by atoms with Crippen LogP contribution in [0.5, 0.6) is 0 Å². The van der Waals surface area contributed by atoms with Crippen LogP contribution in [0.2, 0.25) is 0 Å². The van der Waals surface area contributed by atoms with Crippen LogP contribution >= 0.6 is 0 Å². The van der Waals surface area contributed by atoms with Gasteiger partial charge < -0.3 is 5.32 Å². The van der Waals surface area contributed by atoms with Gasteiger partial charge in [0.15, 0.2) is 0 Å². The molecule has 6 heteroatoms. The van der Waals surface area contributed by atoms with Crippen LogP contribution in [0.4, 0.5) is 0 Å². The summed E-state index contributed by atoms with van der Waals surface area (Å²) >= 11 is 0. The highest BCUT2D eigenvalue weighted by atomic mass is 16.2. The monoisotopic (exact) mass is 278 g/mol. The summed E-state index contributed by atoms with van der Waals surface area (Å²) in [7, 11) is 1.72. The smallest absolute Gasteiger partial charge is 0.258 e. The Labute approximate surface area is 118 Å². The SMILES string of the molecule is Cc1nc2c(c(=O)n1C)CN([C@H](C)C(=O)NC(C)C)C2. The number of aryl methyl sites for hydroxylation is 1. The molecular formula is C14H22N4O2. The number of nitrogens with zero attached hydrogens (tertiary/aromatic N) is 3. The molecule has 0 saturated heterocycles. The van der Waals surface area contributed by atoms with E-state index in [4.69, 9.17) is 0 Å². The van der Waals surface area contributed by atoms with Crippen LogP contribution in [0, 0.1) is 6.92 Å². The van der Waals surface area contributed by atoms with Crippen molar-refractivity contribution in [1.29, 1.82) is 0 Å². The summed E-state index contributed by atoms with van der Waals surface area (Å²) < 4.78 is 1.56. The van der Waals surface area contributed by atoms with Gasteiger partial charge in [0.1, 0.15) is 5.82 Å². The number of hydrogen-bond donors (Lipinski definition) is 1. The minimum absolute atomic E-state index is 0.00790. The first-order valence-corrected chi connectivity index (χ1v) is 6.91. The molecule has 1 atom stereocenters. The molecule has 0 spiro atoms. The van der Waals surface area contributed by atoms with Crippen LogP contribution < -0.4 is 10.9 Å². The molecule has 1 aliphatic heterocycles. The Morgan fingerprint density at radius 3 is 2.55 bits per heavy atom. The fraction of sp³-hybridized carbons (Fsp3) is 0.643. The second-order valence-corrected chi connectivity index (χ2v) is 5.69. The molecule has 0 fully saturated rings. The van der Waals surface area contributed by atoms with Crippen molar-refractivity contribution < 1.29 is 4.79 Å². The van der Waals surface area contributed by atoms with Crippen LogP contribution in [0.3, 0.4) is 0 Å². The molecule has 0 aromatic carbocycles. The summed E-state index contributed by atoms with van der Waals surface area (Å²) in [5.74, 6) is 0.691. The van der Waals surface area contributed by atoms with E-state index >= 15 is 0 Å². The lowest BCUT2D eigenvalue weighted by Gasteiger charge is -2.23. The van der Waals surface area contributed by atoms with Crippen LogP contribution in [-0.4, -0.2) is 32.4 Å². The first kappa shape index (κ1) is 14.7. The number of carbonyl (C=O) groups is 1. The number of nitrogens with one attached hydrogen (secondary N) is 1. The van der Waals surface area contributed by atoms with Crippen molar-refractivity contribution in [3.8, 4) is 0 Å². The Bertz CT molecular complexity index is 592. The minimum atomic E-state index is -0.267. The molecule has 0 radical (unpaired) electrons. The molecule has 0 saturated carbocycles. The Morgan fingerprint density at radius 2 is 1.95 bits per heavy atom. The van der Waals surface area contributed by atoms with Crippen molar-refractivity contribution in [3.05, 3.63) is 27.4 Å². The predicted octanol–water partition coefficient (Wildman–Crippen LogP) is 0.317. The Balaban J connectivity index is 2.19. The van der Waals surface area contributed by atoms with Gasteiger partial charge in [-0.1, -0.05) is 0 Å². The van der Waals surface area contributed by atoms with Crippen molar-refractivity contribution in [2.75, 3.05) is 0 Å². The van der Waals surface area contributed by atoms with Gasteiger partial charge in [0.05, 0.1) is 17.3 Å². The summed E-state index contributed by atoms with van der Waals surface area (Å²) in [6.07, 6.45) is 0. The van der Waals surface area contributed by atoms with Crippen LogP contribution in [0.25, 0.3) is 0 Å². The first-order valence-electron chi connectivity index (χ1n) is 6.91. The van der Waals surface area contributed by atoms with Crippen LogP contribution in [-0.2, 0) is 24.9 Å². The van der Waals surface area contributed by atoms with Gasteiger partial charge in [0.2, 0.25) is 5.91 Å². The predicted molar refractivity (Wildman–Crippen MR) is 76.2 cm³/mol.